The smallest absolute Gasteiger partial charge is 0.387 e. The number of carbonyl (C=O) groups is 1. The molecule has 0 aromatic carbocycles. The number of nitrogens with one attached hydrogen (secondary N) is 1. The predicted molar refractivity (Wildman–Crippen MR) is 272 cm³/mol. The van der Waals surface area contributed by atoms with Crippen molar-refractivity contribution in [3.8, 4) is 0 Å². The van der Waals surface area contributed by atoms with Gasteiger partial charge < -0.3 is 19.8 Å². The van der Waals surface area contributed by atoms with Gasteiger partial charge in [0.2, 0.25) is 5.91 Å². The summed E-state index contributed by atoms with van der Waals surface area (Å²) in [6.07, 6.45) is 63.6. The largest absolute Gasteiger partial charge is 0.472 e. The fraction of sp³-hybridized carbons (Fsp3) is 0.685. The van der Waals surface area contributed by atoms with Crippen LogP contribution in [0.3, 0.4) is 0 Å². The summed E-state index contributed by atoms with van der Waals surface area (Å²) >= 11 is 0. The summed E-state index contributed by atoms with van der Waals surface area (Å²) in [5, 5.41) is 13.8. The molecule has 3 atom stereocenters. The van der Waals surface area contributed by atoms with Gasteiger partial charge in [-0.05, 0) is 83.5 Å². The van der Waals surface area contributed by atoms with E-state index in [2.05, 4.69) is 104 Å². The van der Waals surface area contributed by atoms with Crippen molar-refractivity contribution in [1.29, 1.82) is 0 Å². The summed E-state index contributed by atoms with van der Waals surface area (Å²) in [5.41, 5.74) is 0. The zero-order chi connectivity index (χ0) is 46.4. The molecule has 0 aromatic rings. The van der Waals surface area contributed by atoms with Gasteiger partial charge in [0.1, 0.15) is 13.2 Å². The minimum atomic E-state index is -4.35. The third-order valence-electron chi connectivity index (χ3n) is 10.5. The number of allylic oxidation sites excluding steroid dienone is 15. The number of rotatable bonds is 44. The zero-order valence-corrected chi connectivity index (χ0v) is 41.9. The molecule has 0 aliphatic carbocycles. The fourth-order valence-electron chi connectivity index (χ4n) is 6.59. The summed E-state index contributed by atoms with van der Waals surface area (Å²) in [5.74, 6) is -0.196. The first kappa shape index (κ1) is 60.4. The summed E-state index contributed by atoms with van der Waals surface area (Å²) in [4.78, 5) is 23.1. The first-order valence-corrected chi connectivity index (χ1v) is 26.6. The van der Waals surface area contributed by atoms with E-state index in [-0.39, 0.29) is 19.1 Å². The van der Waals surface area contributed by atoms with Crippen molar-refractivity contribution in [2.24, 2.45) is 0 Å². The molecular formula is C54H96N2O6P+. The number of amides is 1. The van der Waals surface area contributed by atoms with Crippen LogP contribution in [0, 0.1) is 0 Å². The lowest BCUT2D eigenvalue weighted by molar-refractivity contribution is -0.870. The third-order valence-corrected chi connectivity index (χ3v) is 11.5. The molecule has 0 radical (unpaired) electrons. The highest BCUT2D eigenvalue weighted by Gasteiger charge is 2.27. The van der Waals surface area contributed by atoms with Crippen LogP contribution in [-0.2, 0) is 18.4 Å². The summed E-state index contributed by atoms with van der Waals surface area (Å²) < 4.78 is 23.5. The molecule has 0 spiro atoms. The average Bonchev–Trinajstić information content (AvgIpc) is 3.24. The van der Waals surface area contributed by atoms with Crippen LogP contribution in [0.2, 0.25) is 0 Å². The number of phosphoric acid groups is 1. The Kier molecular flexibility index (Phi) is 42.8. The highest BCUT2D eigenvalue weighted by Crippen LogP contribution is 2.43. The molecular weight excluding hydrogens is 804 g/mol. The van der Waals surface area contributed by atoms with Crippen molar-refractivity contribution < 1.29 is 32.9 Å². The number of unbranched alkanes of at least 4 members (excludes halogenated alkanes) is 17. The van der Waals surface area contributed by atoms with E-state index >= 15 is 0 Å². The van der Waals surface area contributed by atoms with E-state index in [1.54, 1.807) is 6.08 Å². The van der Waals surface area contributed by atoms with Crippen LogP contribution in [0.4, 0.5) is 0 Å². The zero-order valence-electron chi connectivity index (χ0n) is 41.0. The minimum Gasteiger partial charge on any atom is -0.387 e. The molecule has 0 heterocycles. The van der Waals surface area contributed by atoms with E-state index < -0.39 is 20.0 Å². The molecule has 0 fully saturated rings. The molecule has 0 saturated carbocycles. The van der Waals surface area contributed by atoms with Crippen LogP contribution in [0.25, 0.3) is 0 Å². The molecule has 0 bridgehead atoms. The number of quaternary nitrogens is 1. The van der Waals surface area contributed by atoms with Gasteiger partial charge in [-0.25, -0.2) is 4.57 Å². The second-order valence-electron chi connectivity index (χ2n) is 17.8. The standard InChI is InChI=1S/C54H95N2O6P/c1-6-8-10-12-14-16-18-19-20-21-22-23-24-25-26-27-28-29-30-31-32-33-34-35-36-37-38-40-42-44-46-48-54(58)55-52(51-62-63(59,60)61-50-49-56(3,4)5)53(57)47-45-43-41-39-17-15-13-11-9-7-2/h8,10,14,16-17,19-20,22-23,25-26,28-29,39,45,47,52-53,57H,6-7,9,11-13,15,18,21,24,27,30-38,40-44,46,48-51H2,1-5H3,(H-,55,58,59,60)/p+1/b10-8-,16-14-,20-19-,23-22-,26-25-,29-28-,39-17+,47-45+. The highest BCUT2D eigenvalue weighted by atomic mass is 31.2. The number of hydrogen-bond acceptors (Lipinski definition) is 5. The lowest BCUT2D eigenvalue weighted by Gasteiger charge is -2.25. The molecule has 0 rings (SSSR count). The third kappa shape index (κ3) is 47.2. The van der Waals surface area contributed by atoms with Crippen LogP contribution < -0.4 is 5.32 Å². The van der Waals surface area contributed by atoms with Gasteiger partial charge >= 0.3 is 7.82 Å². The molecule has 1 amide bonds. The lowest BCUT2D eigenvalue weighted by atomic mass is 10.0. The first-order valence-electron chi connectivity index (χ1n) is 25.1. The van der Waals surface area contributed by atoms with Gasteiger partial charge in [0.25, 0.3) is 0 Å². The summed E-state index contributed by atoms with van der Waals surface area (Å²) in [6.45, 7) is 4.62. The highest BCUT2D eigenvalue weighted by molar-refractivity contribution is 7.47. The fourth-order valence-corrected chi connectivity index (χ4v) is 7.32. The first-order chi connectivity index (χ1) is 30.5. The molecule has 3 unspecified atom stereocenters. The Morgan fingerprint density at radius 2 is 0.968 bits per heavy atom. The number of phosphoric ester groups is 1. The van der Waals surface area contributed by atoms with Crippen molar-refractivity contribution in [2.45, 2.75) is 199 Å². The Balaban J connectivity index is 4.13. The van der Waals surface area contributed by atoms with Crippen molar-refractivity contribution in [3.63, 3.8) is 0 Å². The van der Waals surface area contributed by atoms with Gasteiger partial charge in [0, 0.05) is 6.42 Å². The van der Waals surface area contributed by atoms with E-state index in [4.69, 9.17) is 9.05 Å². The minimum absolute atomic E-state index is 0.0513. The van der Waals surface area contributed by atoms with E-state index in [9.17, 15) is 19.4 Å². The van der Waals surface area contributed by atoms with Crippen LogP contribution >= 0.6 is 7.82 Å². The topological polar surface area (TPSA) is 105 Å². The Labute approximate surface area is 388 Å². The van der Waals surface area contributed by atoms with Gasteiger partial charge in [-0.15, -0.1) is 0 Å². The molecule has 3 N–H and O–H groups in total. The maximum Gasteiger partial charge on any atom is 0.472 e. The molecule has 362 valence electrons. The Morgan fingerprint density at radius 1 is 0.556 bits per heavy atom. The van der Waals surface area contributed by atoms with Crippen molar-refractivity contribution in [1.82, 2.24) is 5.32 Å². The quantitative estimate of drug-likeness (QED) is 0.0243. The van der Waals surface area contributed by atoms with E-state index in [0.29, 0.717) is 17.4 Å². The molecule has 0 aliphatic rings. The van der Waals surface area contributed by atoms with E-state index in [1.807, 2.05) is 27.2 Å². The number of carbonyl (C=O) groups excluding carboxylic acids is 1. The van der Waals surface area contributed by atoms with Crippen LogP contribution in [0.1, 0.15) is 187 Å². The number of likely N-dealkylation sites (N-methyl/N-ethyl adjacent to an activating group) is 1. The van der Waals surface area contributed by atoms with Gasteiger partial charge in [0.05, 0.1) is 39.9 Å². The molecule has 0 saturated heterocycles. The summed E-state index contributed by atoms with van der Waals surface area (Å²) in [7, 11) is 1.54. The molecule has 63 heavy (non-hydrogen) atoms. The Bertz CT molecular complexity index is 1340. The van der Waals surface area contributed by atoms with E-state index in [0.717, 1.165) is 77.0 Å². The molecule has 0 aliphatic heterocycles. The van der Waals surface area contributed by atoms with Crippen molar-refractivity contribution >= 4 is 13.7 Å². The second-order valence-corrected chi connectivity index (χ2v) is 19.3. The number of aliphatic hydroxyl groups is 1. The van der Waals surface area contributed by atoms with Crippen molar-refractivity contribution in [3.05, 3.63) is 97.2 Å². The van der Waals surface area contributed by atoms with Crippen LogP contribution in [0.15, 0.2) is 97.2 Å². The van der Waals surface area contributed by atoms with Gasteiger partial charge in [0.15, 0.2) is 0 Å². The second kappa shape index (κ2) is 44.6. The lowest BCUT2D eigenvalue weighted by Crippen LogP contribution is -2.45. The van der Waals surface area contributed by atoms with Crippen LogP contribution in [0.5, 0.6) is 0 Å². The van der Waals surface area contributed by atoms with E-state index in [1.165, 1.54) is 89.9 Å². The summed E-state index contributed by atoms with van der Waals surface area (Å²) in [6, 6.07) is -0.868. The molecule has 9 heteroatoms. The molecule has 8 nitrogen and oxygen atoms in total. The van der Waals surface area contributed by atoms with Gasteiger partial charge in [-0.3, -0.25) is 13.8 Å². The maximum absolute atomic E-state index is 12.9. The SMILES string of the molecule is CC/C=C\C/C=C\C/C=C\C/C=C\C/C=C\C/C=C\CCCCCCCCCCCCCCC(=O)NC(COP(=O)(O)OCC[N+](C)(C)C)C(O)/C=C/CC/C=C/CCCCCC. The number of nitrogens with zero attached hydrogens (tertiary/aromatic N) is 1. The van der Waals surface area contributed by atoms with Gasteiger partial charge in [-0.2, -0.15) is 0 Å². The Morgan fingerprint density at radius 3 is 1.46 bits per heavy atom. The monoisotopic (exact) mass is 900 g/mol. The van der Waals surface area contributed by atoms with Crippen molar-refractivity contribution in [2.75, 3.05) is 40.9 Å². The molecule has 0 aromatic heterocycles. The normalized spacial score (nSPS) is 15.0. The average molecular weight is 900 g/mol. The maximum atomic E-state index is 12.9. The van der Waals surface area contributed by atoms with Crippen LogP contribution in [-0.4, -0.2) is 73.4 Å². The predicted octanol–water partition coefficient (Wildman–Crippen LogP) is 14.7. The van der Waals surface area contributed by atoms with Gasteiger partial charge in [-0.1, -0.05) is 195 Å². The number of aliphatic hydroxyl groups excluding tert-OH is 1. The number of hydrogen-bond donors (Lipinski definition) is 3. The Hall–Kier alpha value is -2.58.